The summed E-state index contributed by atoms with van der Waals surface area (Å²) in [5.41, 5.74) is -0.0173. The molecule has 99 valence electrons. The predicted molar refractivity (Wildman–Crippen MR) is 63.7 cm³/mol. The molecule has 2 rings (SSSR count). The van der Waals surface area contributed by atoms with Crippen LogP contribution in [-0.2, 0) is 32.4 Å². The van der Waals surface area contributed by atoms with Gasteiger partial charge in [-0.05, 0) is 24.3 Å². The number of rotatable bonds is 3. The zero-order valence-electron chi connectivity index (χ0n) is 9.12. The van der Waals surface area contributed by atoms with Crippen molar-refractivity contribution in [1.82, 2.24) is 0 Å². The molecule has 0 N–H and O–H groups in total. The third kappa shape index (κ3) is 3.00. The van der Waals surface area contributed by atoms with E-state index in [1.54, 1.807) is 36.4 Å². The van der Waals surface area contributed by atoms with Crippen molar-refractivity contribution in [1.29, 1.82) is 0 Å². The van der Waals surface area contributed by atoms with E-state index in [1.807, 2.05) is 0 Å². The monoisotopic (exact) mass is 448 g/mol. The van der Waals surface area contributed by atoms with E-state index >= 15 is 0 Å². The van der Waals surface area contributed by atoms with Gasteiger partial charge in [0.1, 0.15) is 0 Å². The molecule has 2 aromatic carbocycles. The van der Waals surface area contributed by atoms with Gasteiger partial charge in [0.2, 0.25) is 0 Å². The first-order chi connectivity index (χ1) is 8.12. The van der Waals surface area contributed by atoms with Crippen LogP contribution in [-0.4, -0.2) is 8.42 Å². The Labute approximate surface area is 121 Å². The van der Waals surface area contributed by atoms with Crippen LogP contribution in [0.4, 0.5) is 10.2 Å². The molecule has 1 radical (unpaired) electrons. The van der Waals surface area contributed by atoms with E-state index in [0.717, 1.165) is 0 Å². The van der Waals surface area contributed by atoms with Crippen molar-refractivity contribution < 1.29 is 35.3 Å². The van der Waals surface area contributed by atoms with E-state index in [0.29, 0.717) is 0 Å². The van der Waals surface area contributed by atoms with Crippen LogP contribution in [0.5, 0.6) is 0 Å². The molecule has 0 spiro atoms. The molecule has 0 aliphatic carbocycles. The predicted octanol–water partition coefficient (Wildman–Crippen LogP) is 2.76. The topological polar surface area (TPSA) is 37.4 Å². The van der Waals surface area contributed by atoms with E-state index in [9.17, 15) is 12.9 Å². The Bertz CT molecular complexity index is 590. The standard InChI is InChI=1S/C12H10FNO2S.Au/c13-14(11-7-3-1-4-8-11)17(15,16)12-9-5-2-6-10-12;/h1-10H;. The van der Waals surface area contributed by atoms with Gasteiger partial charge in [0.25, 0.3) is 10.0 Å². The first kappa shape index (κ1) is 14.9. The van der Waals surface area contributed by atoms with Gasteiger partial charge in [-0.1, -0.05) is 45.4 Å². The maximum absolute atomic E-state index is 13.8. The van der Waals surface area contributed by atoms with Crippen LogP contribution in [0.15, 0.2) is 65.6 Å². The Kier molecular flexibility index (Phi) is 5.10. The normalized spacial score (nSPS) is 10.5. The average molecular weight is 448 g/mol. The maximum Gasteiger partial charge on any atom is 0.290 e. The molecule has 2 aromatic rings. The zero-order valence-corrected chi connectivity index (χ0v) is 12.1. The number of sulfonamides is 1. The molecule has 0 bridgehead atoms. The van der Waals surface area contributed by atoms with Gasteiger partial charge in [0.15, 0.2) is 0 Å². The quantitative estimate of drug-likeness (QED) is 0.535. The first-order valence-corrected chi connectivity index (χ1v) is 6.37. The molecule has 0 heterocycles. The van der Waals surface area contributed by atoms with Gasteiger partial charge >= 0.3 is 0 Å². The second-order valence-corrected chi connectivity index (χ2v) is 5.11. The average Bonchev–Trinajstić information content (AvgIpc) is 2.40. The fourth-order valence-electron chi connectivity index (χ4n) is 1.37. The van der Waals surface area contributed by atoms with Crippen LogP contribution in [0.2, 0.25) is 0 Å². The fourth-order valence-corrected chi connectivity index (χ4v) is 2.45. The summed E-state index contributed by atoms with van der Waals surface area (Å²) in [7, 11) is -4.13. The van der Waals surface area contributed by atoms with E-state index in [1.165, 1.54) is 24.3 Å². The Morgan fingerprint density at radius 2 is 1.28 bits per heavy atom. The fraction of sp³-hybridized carbons (Fsp3) is 0. The molecule has 18 heavy (non-hydrogen) atoms. The van der Waals surface area contributed by atoms with Gasteiger partial charge in [-0.3, -0.25) is 0 Å². The van der Waals surface area contributed by atoms with Crippen LogP contribution in [0.3, 0.4) is 0 Å². The molecule has 0 aliphatic heterocycles. The van der Waals surface area contributed by atoms with Crippen LogP contribution in [0.25, 0.3) is 0 Å². The van der Waals surface area contributed by atoms with Crippen molar-refractivity contribution in [3.8, 4) is 0 Å². The molecule has 0 aromatic heterocycles. The third-order valence-corrected chi connectivity index (χ3v) is 3.71. The number of para-hydroxylation sites is 1. The molecule has 0 fully saturated rings. The minimum absolute atomic E-state index is 0. The van der Waals surface area contributed by atoms with Gasteiger partial charge in [0.05, 0.1) is 10.6 Å². The molecular weight excluding hydrogens is 438 g/mol. The Hall–Kier alpha value is -1.14. The largest absolute Gasteiger partial charge is 0.290 e. The van der Waals surface area contributed by atoms with Crippen LogP contribution >= 0.6 is 0 Å². The van der Waals surface area contributed by atoms with E-state index < -0.39 is 10.0 Å². The number of halogens is 1. The molecule has 3 nitrogen and oxygen atoms in total. The molecule has 6 heteroatoms. The van der Waals surface area contributed by atoms with Gasteiger partial charge in [-0.2, -0.15) is 8.42 Å². The summed E-state index contributed by atoms with van der Waals surface area (Å²) < 4.78 is 37.4. The number of benzene rings is 2. The molecule has 0 saturated heterocycles. The second kappa shape index (κ2) is 6.15. The Morgan fingerprint density at radius 3 is 1.78 bits per heavy atom. The number of anilines is 1. The van der Waals surface area contributed by atoms with Crippen molar-refractivity contribution in [3.63, 3.8) is 0 Å². The number of hydrogen-bond acceptors (Lipinski definition) is 2. The molecule has 0 aliphatic rings. The van der Waals surface area contributed by atoms with Crippen molar-refractivity contribution in [2.45, 2.75) is 4.90 Å². The minimum Gasteiger partial charge on any atom is -0.199 e. The van der Waals surface area contributed by atoms with E-state index in [4.69, 9.17) is 0 Å². The summed E-state index contributed by atoms with van der Waals surface area (Å²) >= 11 is 0. The first-order valence-electron chi connectivity index (χ1n) is 4.93. The van der Waals surface area contributed by atoms with Crippen LogP contribution in [0.1, 0.15) is 0 Å². The van der Waals surface area contributed by atoms with Crippen LogP contribution in [0, 0.1) is 0 Å². The van der Waals surface area contributed by atoms with Crippen LogP contribution < -0.4 is 4.53 Å². The summed E-state index contributed by atoms with van der Waals surface area (Å²) in [6.45, 7) is 0. The zero-order chi connectivity index (χ0) is 12.3. The summed E-state index contributed by atoms with van der Waals surface area (Å²) in [5.74, 6) is 0. The third-order valence-electron chi connectivity index (χ3n) is 2.21. The number of hydrogen-bond donors (Lipinski definition) is 0. The summed E-state index contributed by atoms with van der Waals surface area (Å²) in [6.07, 6.45) is 0. The van der Waals surface area contributed by atoms with Gasteiger partial charge in [0, 0.05) is 22.4 Å². The molecular formula is C12H10AuFNO2S. The van der Waals surface area contributed by atoms with E-state index in [2.05, 4.69) is 0 Å². The summed E-state index contributed by atoms with van der Waals surface area (Å²) in [5, 5.41) is 0. The molecule has 0 unspecified atom stereocenters. The van der Waals surface area contributed by atoms with Crippen molar-refractivity contribution >= 4 is 15.7 Å². The van der Waals surface area contributed by atoms with Crippen molar-refractivity contribution in [2.75, 3.05) is 4.53 Å². The maximum atomic E-state index is 13.8. The number of nitrogens with zero attached hydrogens (tertiary/aromatic N) is 1. The minimum atomic E-state index is -4.13. The second-order valence-electron chi connectivity index (χ2n) is 3.37. The van der Waals surface area contributed by atoms with Crippen molar-refractivity contribution in [3.05, 3.63) is 60.7 Å². The van der Waals surface area contributed by atoms with Crippen molar-refractivity contribution in [2.24, 2.45) is 0 Å². The Morgan fingerprint density at radius 1 is 0.833 bits per heavy atom. The van der Waals surface area contributed by atoms with Gasteiger partial charge in [-0.15, -0.1) is 0 Å². The molecule has 0 saturated carbocycles. The van der Waals surface area contributed by atoms with E-state index in [-0.39, 0.29) is 37.5 Å². The SMILES string of the molecule is O=S(=O)(c1ccccc1)N(F)c1ccccc1.[Au]. The summed E-state index contributed by atoms with van der Waals surface area (Å²) in [6, 6.07) is 15.1. The molecule has 0 amide bonds. The summed E-state index contributed by atoms with van der Waals surface area (Å²) in [4.78, 5) is -0.0775. The smallest absolute Gasteiger partial charge is 0.199 e. The molecule has 0 atom stereocenters. The van der Waals surface area contributed by atoms with Gasteiger partial charge < -0.3 is 0 Å². The Balaban J connectivity index is 0.00000162. The van der Waals surface area contributed by atoms with Gasteiger partial charge in [-0.25, -0.2) is 0 Å².